The molecule has 0 unspecified atom stereocenters. The molecule has 0 saturated heterocycles. The summed E-state index contributed by atoms with van der Waals surface area (Å²) in [5.41, 5.74) is 1.08. The number of aryl methyl sites for hydroxylation is 1. The number of anilines is 1. The minimum Gasteiger partial charge on any atom is -0.490 e. The Kier molecular flexibility index (Phi) is 3.82. The highest BCUT2D eigenvalue weighted by Crippen LogP contribution is 2.38. The molecule has 0 amide bonds. The molecule has 1 aromatic carbocycles. The number of ether oxygens (including phenoxy) is 2. The molecule has 106 valence electrons. The van der Waals surface area contributed by atoms with Crippen molar-refractivity contribution in [2.45, 2.75) is 19.9 Å². The molecule has 0 saturated carbocycles. The van der Waals surface area contributed by atoms with Gasteiger partial charge in [0.05, 0.1) is 17.7 Å². The molecular weight excluding hydrogens is 324 g/mol. The largest absolute Gasteiger partial charge is 0.490 e. The van der Waals surface area contributed by atoms with Crippen molar-refractivity contribution in [3.8, 4) is 11.5 Å². The van der Waals surface area contributed by atoms with Crippen LogP contribution in [0.15, 0.2) is 27.2 Å². The minimum atomic E-state index is 0.640. The van der Waals surface area contributed by atoms with E-state index in [4.69, 9.17) is 14.0 Å². The maximum absolute atomic E-state index is 5.71. The van der Waals surface area contributed by atoms with Crippen molar-refractivity contribution in [3.63, 3.8) is 0 Å². The van der Waals surface area contributed by atoms with Gasteiger partial charge in [-0.1, -0.05) is 5.16 Å². The predicted molar refractivity (Wildman–Crippen MR) is 78.3 cm³/mol. The summed E-state index contributed by atoms with van der Waals surface area (Å²) >= 11 is 3.53. The molecule has 1 aliphatic heterocycles. The van der Waals surface area contributed by atoms with E-state index in [0.717, 1.165) is 39.5 Å². The second-order valence-electron chi connectivity index (χ2n) is 4.63. The summed E-state index contributed by atoms with van der Waals surface area (Å²) in [7, 11) is 0. The van der Waals surface area contributed by atoms with Gasteiger partial charge < -0.3 is 19.3 Å². The number of hydrogen-bond donors (Lipinski definition) is 1. The Morgan fingerprint density at radius 3 is 2.90 bits per heavy atom. The lowest BCUT2D eigenvalue weighted by molar-refractivity contribution is 0.296. The van der Waals surface area contributed by atoms with Crippen LogP contribution in [0.5, 0.6) is 11.5 Å². The van der Waals surface area contributed by atoms with Crippen LogP contribution in [-0.4, -0.2) is 18.4 Å². The van der Waals surface area contributed by atoms with Gasteiger partial charge in [-0.05, 0) is 40.5 Å². The third-order valence-corrected chi connectivity index (χ3v) is 3.55. The first-order valence-corrected chi connectivity index (χ1v) is 7.27. The average Bonchev–Trinajstić information content (AvgIpc) is 2.70. The first kappa shape index (κ1) is 13.3. The molecular formula is C14H15BrN2O3. The van der Waals surface area contributed by atoms with E-state index in [1.165, 1.54) is 0 Å². The van der Waals surface area contributed by atoms with Gasteiger partial charge in [-0.25, -0.2) is 0 Å². The maximum Gasteiger partial charge on any atom is 0.175 e. The van der Waals surface area contributed by atoms with Crippen molar-refractivity contribution in [3.05, 3.63) is 34.0 Å². The van der Waals surface area contributed by atoms with Gasteiger partial charge in [-0.3, -0.25) is 0 Å². The molecule has 1 N–H and O–H groups in total. The van der Waals surface area contributed by atoms with Crippen molar-refractivity contribution in [2.24, 2.45) is 0 Å². The summed E-state index contributed by atoms with van der Waals surface area (Å²) in [6, 6.07) is 5.87. The van der Waals surface area contributed by atoms with Crippen LogP contribution in [0.25, 0.3) is 0 Å². The second kappa shape index (κ2) is 5.75. The molecule has 3 rings (SSSR count). The van der Waals surface area contributed by atoms with Crippen LogP contribution in [0.1, 0.15) is 17.7 Å². The Balaban J connectivity index is 1.77. The lowest BCUT2D eigenvalue weighted by atomic mass is 10.2. The van der Waals surface area contributed by atoms with E-state index in [2.05, 4.69) is 26.4 Å². The summed E-state index contributed by atoms with van der Waals surface area (Å²) in [5, 5.41) is 7.11. The minimum absolute atomic E-state index is 0.640. The molecule has 0 fully saturated rings. The topological polar surface area (TPSA) is 56.5 Å². The van der Waals surface area contributed by atoms with E-state index >= 15 is 0 Å². The summed E-state index contributed by atoms with van der Waals surface area (Å²) in [4.78, 5) is 0. The number of aromatic nitrogens is 1. The van der Waals surface area contributed by atoms with Crippen molar-refractivity contribution in [2.75, 3.05) is 18.5 Å². The van der Waals surface area contributed by atoms with E-state index < -0.39 is 0 Å². The van der Waals surface area contributed by atoms with Gasteiger partial charge in [0, 0.05) is 19.0 Å². The highest BCUT2D eigenvalue weighted by molar-refractivity contribution is 9.10. The number of nitrogens with one attached hydrogen (secondary N) is 1. The Morgan fingerprint density at radius 1 is 1.25 bits per heavy atom. The summed E-state index contributed by atoms with van der Waals surface area (Å²) in [5.74, 6) is 3.08. The number of hydrogen-bond acceptors (Lipinski definition) is 5. The molecule has 5 nitrogen and oxygen atoms in total. The number of halogens is 1. The molecule has 0 atom stereocenters. The van der Waals surface area contributed by atoms with E-state index in [-0.39, 0.29) is 0 Å². The maximum atomic E-state index is 5.71. The van der Waals surface area contributed by atoms with Gasteiger partial charge in [0.15, 0.2) is 17.3 Å². The van der Waals surface area contributed by atoms with E-state index in [1.54, 1.807) is 0 Å². The summed E-state index contributed by atoms with van der Waals surface area (Å²) in [6.45, 7) is 3.86. The number of benzene rings is 1. The highest BCUT2D eigenvalue weighted by atomic mass is 79.9. The van der Waals surface area contributed by atoms with Gasteiger partial charge in [-0.2, -0.15) is 0 Å². The van der Waals surface area contributed by atoms with Crippen LogP contribution in [0, 0.1) is 6.92 Å². The molecule has 2 aromatic rings. The first-order valence-electron chi connectivity index (χ1n) is 6.47. The quantitative estimate of drug-likeness (QED) is 0.927. The molecule has 0 radical (unpaired) electrons. The van der Waals surface area contributed by atoms with Gasteiger partial charge >= 0.3 is 0 Å². The molecule has 1 aromatic heterocycles. The molecule has 0 spiro atoms. The molecule has 6 heteroatoms. The van der Waals surface area contributed by atoms with Crippen LogP contribution < -0.4 is 14.8 Å². The lowest BCUT2D eigenvalue weighted by Gasteiger charge is -2.12. The van der Waals surface area contributed by atoms with Crippen molar-refractivity contribution < 1.29 is 14.0 Å². The first-order chi connectivity index (χ1) is 9.72. The molecule has 0 bridgehead atoms. The highest BCUT2D eigenvalue weighted by Gasteiger charge is 2.15. The SMILES string of the molecule is Cc1cc(NCc2cc(Br)c3c(c2)OCCCO3)no1. The number of rotatable bonds is 3. The summed E-state index contributed by atoms with van der Waals surface area (Å²) in [6.07, 6.45) is 0.896. The number of fused-ring (bicyclic) bond motifs is 1. The Hall–Kier alpha value is -1.69. The Morgan fingerprint density at radius 2 is 2.10 bits per heavy atom. The predicted octanol–water partition coefficient (Wildman–Crippen LogP) is 3.52. The zero-order valence-electron chi connectivity index (χ0n) is 11.1. The van der Waals surface area contributed by atoms with Gasteiger partial charge in [0.25, 0.3) is 0 Å². The normalized spacial score (nSPS) is 13.9. The Bertz CT molecular complexity index is 612. The molecule has 2 heterocycles. The van der Waals surface area contributed by atoms with Crippen molar-refractivity contribution in [1.82, 2.24) is 5.16 Å². The molecule has 20 heavy (non-hydrogen) atoms. The van der Waals surface area contributed by atoms with E-state index in [0.29, 0.717) is 19.8 Å². The van der Waals surface area contributed by atoms with Gasteiger partial charge in [-0.15, -0.1) is 0 Å². The second-order valence-corrected chi connectivity index (χ2v) is 5.49. The van der Waals surface area contributed by atoms with Crippen LogP contribution >= 0.6 is 15.9 Å². The average molecular weight is 339 g/mol. The zero-order chi connectivity index (χ0) is 13.9. The summed E-state index contributed by atoms with van der Waals surface area (Å²) < 4.78 is 17.3. The standard InChI is InChI=1S/C14H15BrN2O3/c1-9-5-13(17-20-9)16-8-10-6-11(15)14-12(7-10)18-3-2-4-19-14/h5-7H,2-4,8H2,1H3,(H,16,17). The fourth-order valence-corrected chi connectivity index (χ4v) is 2.63. The van der Waals surface area contributed by atoms with Gasteiger partial charge in [0.2, 0.25) is 0 Å². The fraction of sp³-hybridized carbons (Fsp3) is 0.357. The Labute approximate surface area is 125 Å². The fourth-order valence-electron chi connectivity index (χ4n) is 2.03. The smallest absolute Gasteiger partial charge is 0.175 e. The van der Waals surface area contributed by atoms with E-state index in [9.17, 15) is 0 Å². The monoisotopic (exact) mass is 338 g/mol. The van der Waals surface area contributed by atoms with Crippen LogP contribution in [0.3, 0.4) is 0 Å². The van der Waals surface area contributed by atoms with Crippen molar-refractivity contribution >= 4 is 21.7 Å². The third kappa shape index (κ3) is 2.90. The number of nitrogens with zero attached hydrogens (tertiary/aromatic N) is 1. The van der Waals surface area contributed by atoms with E-state index in [1.807, 2.05) is 25.1 Å². The van der Waals surface area contributed by atoms with Crippen LogP contribution in [0.4, 0.5) is 5.82 Å². The third-order valence-electron chi connectivity index (χ3n) is 2.96. The van der Waals surface area contributed by atoms with Crippen LogP contribution in [0.2, 0.25) is 0 Å². The molecule has 1 aliphatic rings. The molecule has 0 aliphatic carbocycles. The van der Waals surface area contributed by atoms with Gasteiger partial charge in [0.1, 0.15) is 5.76 Å². The lowest BCUT2D eigenvalue weighted by Crippen LogP contribution is -2.01. The zero-order valence-corrected chi connectivity index (χ0v) is 12.7. The van der Waals surface area contributed by atoms with Crippen LogP contribution in [-0.2, 0) is 6.54 Å². The van der Waals surface area contributed by atoms with Crippen molar-refractivity contribution in [1.29, 1.82) is 0 Å².